The number of anilines is 2. The van der Waals surface area contributed by atoms with Gasteiger partial charge in [-0.2, -0.15) is 10.4 Å². The Morgan fingerprint density at radius 2 is 2.22 bits per heavy atom. The number of rotatable bonds is 3. The number of nitrogens with zero attached hydrogens (tertiary/aromatic N) is 3. The first-order valence-electron chi connectivity index (χ1n) is 5.61. The van der Waals surface area contributed by atoms with Gasteiger partial charge in [0.25, 0.3) is 0 Å². The minimum Gasteiger partial charge on any atom is -0.352 e. The van der Waals surface area contributed by atoms with Crippen molar-refractivity contribution >= 4 is 27.3 Å². The average molecular weight is 305 g/mol. The summed E-state index contributed by atoms with van der Waals surface area (Å²) in [6.45, 7) is 4.13. The summed E-state index contributed by atoms with van der Waals surface area (Å²) >= 11 is 3.35. The smallest absolute Gasteiger partial charge is 0.101 e. The van der Waals surface area contributed by atoms with Gasteiger partial charge in [0, 0.05) is 16.7 Å². The fourth-order valence-electron chi connectivity index (χ4n) is 1.56. The molecule has 0 aliphatic carbocycles. The Kier molecular flexibility index (Phi) is 3.68. The first-order chi connectivity index (χ1) is 8.60. The van der Waals surface area contributed by atoms with Crippen LogP contribution in [0.3, 0.4) is 0 Å². The van der Waals surface area contributed by atoms with Crippen molar-refractivity contribution in [3.05, 3.63) is 40.6 Å². The number of hydrogen-bond acceptors (Lipinski definition) is 3. The van der Waals surface area contributed by atoms with Gasteiger partial charge in [-0.05, 0) is 32.0 Å². The van der Waals surface area contributed by atoms with E-state index in [0.29, 0.717) is 11.6 Å². The molecule has 1 N–H and O–H groups in total. The number of nitrogens with one attached hydrogen (secondary N) is 1. The predicted octanol–water partition coefficient (Wildman–Crippen LogP) is 3.84. The van der Waals surface area contributed by atoms with Gasteiger partial charge in [-0.25, -0.2) is 0 Å². The molecule has 0 bridgehead atoms. The number of nitriles is 1. The summed E-state index contributed by atoms with van der Waals surface area (Å²) in [4.78, 5) is 0. The Morgan fingerprint density at radius 3 is 2.83 bits per heavy atom. The maximum Gasteiger partial charge on any atom is 0.101 e. The Labute approximate surface area is 114 Å². The molecule has 1 aromatic heterocycles. The van der Waals surface area contributed by atoms with Crippen molar-refractivity contribution in [3.63, 3.8) is 0 Å². The SMILES string of the molecule is CC(C)n1cc(Nc2ccc(Br)cc2C#N)cn1. The molecule has 0 spiro atoms. The molecule has 0 saturated heterocycles. The van der Waals surface area contributed by atoms with Crippen LogP contribution in [0.15, 0.2) is 35.1 Å². The molecule has 4 nitrogen and oxygen atoms in total. The van der Waals surface area contributed by atoms with Crippen molar-refractivity contribution < 1.29 is 0 Å². The number of aromatic nitrogens is 2. The van der Waals surface area contributed by atoms with Crippen molar-refractivity contribution in [2.24, 2.45) is 0 Å². The third kappa shape index (κ3) is 2.71. The second kappa shape index (κ2) is 5.23. The van der Waals surface area contributed by atoms with E-state index in [1.807, 2.05) is 23.0 Å². The van der Waals surface area contributed by atoms with Gasteiger partial charge in [-0.3, -0.25) is 4.68 Å². The highest BCUT2D eigenvalue weighted by molar-refractivity contribution is 9.10. The van der Waals surface area contributed by atoms with E-state index in [-0.39, 0.29) is 0 Å². The van der Waals surface area contributed by atoms with Gasteiger partial charge in [0.05, 0.1) is 23.1 Å². The summed E-state index contributed by atoms with van der Waals surface area (Å²) in [5, 5.41) is 16.5. The second-order valence-corrected chi connectivity index (χ2v) is 5.15. The Hall–Kier alpha value is -1.80. The van der Waals surface area contributed by atoms with Crippen LogP contribution in [0.4, 0.5) is 11.4 Å². The van der Waals surface area contributed by atoms with Gasteiger partial charge in [-0.1, -0.05) is 15.9 Å². The highest BCUT2D eigenvalue weighted by Gasteiger charge is 2.06. The molecule has 2 aromatic rings. The fraction of sp³-hybridized carbons (Fsp3) is 0.231. The Bertz CT molecular complexity index is 595. The Morgan fingerprint density at radius 1 is 1.44 bits per heavy atom. The molecule has 0 aliphatic rings. The molecule has 0 saturated carbocycles. The molecule has 0 unspecified atom stereocenters. The van der Waals surface area contributed by atoms with Crippen molar-refractivity contribution in [3.8, 4) is 6.07 Å². The van der Waals surface area contributed by atoms with Gasteiger partial charge >= 0.3 is 0 Å². The van der Waals surface area contributed by atoms with Gasteiger partial charge in [0.1, 0.15) is 6.07 Å². The zero-order valence-electron chi connectivity index (χ0n) is 10.2. The molecule has 92 valence electrons. The normalized spacial score (nSPS) is 10.4. The van der Waals surface area contributed by atoms with Crippen LogP contribution in [0.2, 0.25) is 0 Å². The molecule has 5 heteroatoms. The first-order valence-corrected chi connectivity index (χ1v) is 6.40. The van der Waals surface area contributed by atoms with Crippen LogP contribution in [0, 0.1) is 11.3 Å². The number of halogens is 1. The molecule has 1 aromatic carbocycles. The third-order valence-corrected chi connectivity index (χ3v) is 3.00. The lowest BCUT2D eigenvalue weighted by Gasteiger charge is -2.06. The predicted molar refractivity (Wildman–Crippen MR) is 74.8 cm³/mol. The molecule has 18 heavy (non-hydrogen) atoms. The zero-order valence-corrected chi connectivity index (χ0v) is 11.8. The van der Waals surface area contributed by atoms with E-state index in [2.05, 4.69) is 46.3 Å². The van der Waals surface area contributed by atoms with Crippen LogP contribution in [0.1, 0.15) is 25.5 Å². The van der Waals surface area contributed by atoms with Gasteiger partial charge in [0.2, 0.25) is 0 Å². The van der Waals surface area contributed by atoms with Crippen LogP contribution >= 0.6 is 15.9 Å². The quantitative estimate of drug-likeness (QED) is 0.937. The molecule has 0 fully saturated rings. The van der Waals surface area contributed by atoms with Crippen LogP contribution in [-0.4, -0.2) is 9.78 Å². The molecule has 0 amide bonds. The lowest BCUT2D eigenvalue weighted by atomic mass is 10.2. The molecule has 1 heterocycles. The van der Waals surface area contributed by atoms with E-state index in [1.54, 1.807) is 12.3 Å². The lowest BCUT2D eigenvalue weighted by molar-refractivity contribution is 0.532. The fourth-order valence-corrected chi connectivity index (χ4v) is 1.92. The summed E-state index contributed by atoms with van der Waals surface area (Å²) < 4.78 is 2.76. The van der Waals surface area contributed by atoms with Crippen LogP contribution in [0.25, 0.3) is 0 Å². The minimum absolute atomic E-state index is 0.320. The van der Waals surface area contributed by atoms with Crippen LogP contribution < -0.4 is 5.32 Å². The molecular formula is C13H13BrN4. The summed E-state index contributed by atoms with van der Waals surface area (Å²) in [5.41, 5.74) is 2.26. The van der Waals surface area contributed by atoms with E-state index >= 15 is 0 Å². The summed E-state index contributed by atoms with van der Waals surface area (Å²) in [7, 11) is 0. The average Bonchev–Trinajstić information content (AvgIpc) is 2.80. The van der Waals surface area contributed by atoms with Crippen LogP contribution in [0.5, 0.6) is 0 Å². The number of benzene rings is 1. The van der Waals surface area contributed by atoms with Crippen LogP contribution in [-0.2, 0) is 0 Å². The topological polar surface area (TPSA) is 53.6 Å². The van der Waals surface area contributed by atoms with Gasteiger partial charge in [0.15, 0.2) is 0 Å². The van der Waals surface area contributed by atoms with Crippen molar-refractivity contribution in [1.82, 2.24) is 9.78 Å². The van der Waals surface area contributed by atoms with Crippen molar-refractivity contribution in [2.45, 2.75) is 19.9 Å². The lowest BCUT2D eigenvalue weighted by Crippen LogP contribution is -2.00. The molecule has 0 atom stereocenters. The van der Waals surface area contributed by atoms with E-state index in [4.69, 9.17) is 5.26 Å². The highest BCUT2D eigenvalue weighted by atomic mass is 79.9. The Balaban J connectivity index is 2.26. The second-order valence-electron chi connectivity index (χ2n) is 4.23. The molecule has 2 rings (SSSR count). The van der Waals surface area contributed by atoms with E-state index in [1.165, 1.54) is 0 Å². The van der Waals surface area contributed by atoms with E-state index < -0.39 is 0 Å². The molecule has 0 aliphatic heterocycles. The van der Waals surface area contributed by atoms with E-state index in [9.17, 15) is 0 Å². The maximum atomic E-state index is 9.08. The molecular weight excluding hydrogens is 292 g/mol. The van der Waals surface area contributed by atoms with Gasteiger partial charge in [-0.15, -0.1) is 0 Å². The zero-order chi connectivity index (χ0) is 13.1. The molecule has 0 radical (unpaired) electrons. The highest BCUT2D eigenvalue weighted by Crippen LogP contribution is 2.24. The summed E-state index contributed by atoms with van der Waals surface area (Å²) in [6.07, 6.45) is 3.68. The van der Waals surface area contributed by atoms with Gasteiger partial charge < -0.3 is 5.32 Å². The third-order valence-electron chi connectivity index (χ3n) is 2.51. The van der Waals surface area contributed by atoms with E-state index in [0.717, 1.165) is 15.8 Å². The summed E-state index contributed by atoms with van der Waals surface area (Å²) in [5.74, 6) is 0. The standard InChI is InChI=1S/C13H13BrN4/c1-9(2)18-8-12(7-16-18)17-13-4-3-11(14)5-10(13)6-15/h3-5,7-9,17H,1-2H3. The minimum atomic E-state index is 0.320. The first kappa shape index (κ1) is 12.7. The largest absolute Gasteiger partial charge is 0.352 e. The summed E-state index contributed by atoms with van der Waals surface area (Å²) in [6, 6.07) is 8.04. The van der Waals surface area contributed by atoms with Crippen molar-refractivity contribution in [2.75, 3.05) is 5.32 Å². The number of hydrogen-bond donors (Lipinski definition) is 1. The maximum absolute atomic E-state index is 9.08. The van der Waals surface area contributed by atoms with Crippen molar-refractivity contribution in [1.29, 1.82) is 5.26 Å². The monoisotopic (exact) mass is 304 g/mol.